The summed E-state index contributed by atoms with van der Waals surface area (Å²) in [6.07, 6.45) is 1.53. The highest BCUT2D eigenvalue weighted by atomic mass is 16.6. The Bertz CT molecular complexity index is 675. The molecule has 26 heavy (non-hydrogen) atoms. The van der Waals surface area contributed by atoms with Crippen LogP contribution >= 0.6 is 0 Å². The van der Waals surface area contributed by atoms with Crippen LogP contribution in [0.3, 0.4) is 0 Å². The minimum Gasteiger partial charge on any atom is -0.423 e. The van der Waals surface area contributed by atoms with Crippen LogP contribution in [0.4, 0.5) is 0 Å². The molecule has 0 saturated carbocycles. The Labute approximate surface area is 149 Å². The molecule has 12 nitrogen and oxygen atoms in total. The molecule has 0 aliphatic rings. The van der Waals surface area contributed by atoms with Gasteiger partial charge in [-0.1, -0.05) is 6.92 Å². The Morgan fingerprint density at radius 1 is 0.577 bits per heavy atom. The van der Waals surface area contributed by atoms with Crippen molar-refractivity contribution in [2.24, 2.45) is 0 Å². The van der Waals surface area contributed by atoms with Crippen molar-refractivity contribution in [2.75, 3.05) is 6.61 Å². The molecule has 0 aromatic rings. The predicted octanol–water partition coefficient (Wildman–Crippen LogP) is 0.225. The Kier molecular flexibility index (Phi) is 11.0. The Morgan fingerprint density at radius 2 is 1.00 bits per heavy atom. The number of hydrogen-bond acceptors (Lipinski definition) is 12. The first-order chi connectivity index (χ1) is 12.6. The molecule has 1 unspecified atom stereocenters. The molecular weight excluding hydrogens is 348 g/mol. The molecule has 0 aromatic heterocycles. The van der Waals surface area contributed by atoms with Crippen molar-refractivity contribution in [1.82, 2.24) is 0 Å². The van der Waals surface area contributed by atoms with Crippen molar-refractivity contribution in [2.45, 2.75) is 43.9 Å². The summed E-state index contributed by atoms with van der Waals surface area (Å²) in [5.41, 5.74) is 0. The minimum atomic E-state index is -1.52. The van der Waals surface area contributed by atoms with Crippen LogP contribution in [0.1, 0.15) is 13.3 Å². The van der Waals surface area contributed by atoms with Gasteiger partial charge in [0.25, 0.3) is 37.5 Å². The lowest BCUT2D eigenvalue weighted by atomic mass is 9.97. The summed E-state index contributed by atoms with van der Waals surface area (Å²) < 4.78 is 28.5. The first-order valence-electron chi connectivity index (χ1n) is 6.89. The van der Waals surface area contributed by atoms with E-state index in [0.29, 0.717) is 0 Å². The van der Waals surface area contributed by atoms with Crippen LogP contribution in [0.2, 0.25) is 0 Å². The molecule has 0 fully saturated rings. The molecule has 0 bridgehead atoms. The van der Waals surface area contributed by atoms with Gasteiger partial charge in [0.15, 0.2) is 30.5 Å². The second-order valence-corrected chi connectivity index (χ2v) is 4.33. The molecule has 12 heteroatoms. The SMILES string of the molecule is CCC(OC#N)[C@H](OC#N)[C@@H](OC#N)[C@@H](OC#N)[C@@H](COC#N)OC#N. The normalized spacial score (nSPS) is 14.4. The van der Waals surface area contributed by atoms with Crippen molar-refractivity contribution < 1.29 is 28.4 Å². The van der Waals surface area contributed by atoms with E-state index in [-0.39, 0.29) is 6.42 Å². The van der Waals surface area contributed by atoms with Gasteiger partial charge in [0.1, 0.15) is 6.61 Å². The summed E-state index contributed by atoms with van der Waals surface area (Å²) >= 11 is 0. The van der Waals surface area contributed by atoms with Gasteiger partial charge in [0, 0.05) is 0 Å². The topological polar surface area (TPSA) is 198 Å². The molecule has 0 radical (unpaired) electrons. The van der Waals surface area contributed by atoms with E-state index in [1.54, 1.807) is 6.92 Å². The predicted molar refractivity (Wildman–Crippen MR) is 74.3 cm³/mol. The maximum atomic E-state index is 8.90. The first-order valence-corrected chi connectivity index (χ1v) is 6.89. The number of nitrogens with zero attached hydrogens (tertiary/aromatic N) is 6. The molecule has 0 saturated heterocycles. The molecular formula is C14H12N6O6. The first kappa shape index (κ1) is 21.7. The number of rotatable bonds is 12. The van der Waals surface area contributed by atoms with E-state index >= 15 is 0 Å². The zero-order valence-corrected chi connectivity index (χ0v) is 13.4. The van der Waals surface area contributed by atoms with Crippen LogP contribution in [0, 0.1) is 69.1 Å². The summed E-state index contributed by atoms with van der Waals surface area (Å²) in [7, 11) is 0. The van der Waals surface area contributed by atoms with E-state index < -0.39 is 37.1 Å². The summed E-state index contributed by atoms with van der Waals surface area (Å²) in [5.74, 6) is 0. The molecule has 0 aromatic carbocycles. The van der Waals surface area contributed by atoms with E-state index in [1.807, 2.05) is 0 Å². The van der Waals surface area contributed by atoms with Crippen molar-refractivity contribution in [3.63, 3.8) is 0 Å². The van der Waals surface area contributed by atoms with Gasteiger partial charge in [-0.25, -0.2) is 0 Å². The highest BCUT2D eigenvalue weighted by Gasteiger charge is 2.46. The van der Waals surface area contributed by atoms with E-state index in [2.05, 4.69) is 4.74 Å². The second-order valence-electron chi connectivity index (χ2n) is 4.33. The van der Waals surface area contributed by atoms with Crippen LogP contribution in [0.5, 0.6) is 0 Å². The maximum Gasteiger partial charge on any atom is 0.286 e. The van der Waals surface area contributed by atoms with Crippen molar-refractivity contribution in [3.8, 4) is 37.5 Å². The lowest BCUT2D eigenvalue weighted by Crippen LogP contribution is -2.53. The monoisotopic (exact) mass is 360 g/mol. The summed E-state index contributed by atoms with van der Waals surface area (Å²) in [6.45, 7) is 1.07. The molecule has 134 valence electrons. The fourth-order valence-electron chi connectivity index (χ4n) is 2.05. The largest absolute Gasteiger partial charge is 0.423 e. The maximum absolute atomic E-state index is 8.90. The molecule has 0 aliphatic heterocycles. The van der Waals surface area contributed by atoms with Crippen LogP contribution in [-0.4, -0.2) is 37.1 Å². The molecule has 0 spiro atoms. The Morgan fingerprint density at radius 3 is 1.42 bits per heavy atom. The molecule has 5 atom stereocenters. The third kappa shape index (κ3) is 6.47. The van der Waals surface area contributed by atoms with Crippen molar-refractivity contribution >= 4 is 0 Å². The van der Waals surface area contributed by atoms with E-state index in [4.69, 9.17) is 55.3 Å². The van der Waals surface area contributed by atoms with Gasteiger partial charge in [-0.15, -0.1) is 0 Å². The molecule has 0 rings (SSSR count). The fraction of sp³-hybridized carbons (Fsp3) is 0.571. The highest BCUT2D eigenvalue weighted by Crippen LogP contribution is 2.23. The average molecular weight is 360 g/mol. The molecule has 0 aliphatic carbocycles. The lowest BCUT2D eigenvalue weighted by molar-refractivity contribution is -0.139. The highest BCUT2D eigenvalue weighted by molar-refractivity contribution is 4.95. The number of ether oxygens (including phenoxy) is 6. The second kappa shape index (κ2) is 13.2. The van der Waals surface area contributed by atoms with Crippen molar-refractivity contribution in [3.05, 3.63) is 0 Å². The number of hydrogen-bond donors (Lipinski definition) is 0. The Hall–Kier alpha value is -4.26. The molecule has 0 amide bonds. The van der Waals surface area contributed by atoms with Gasteiger partial charge in [-0.3, -0.25) is 0 Å². The number of nitriles is 6. The van der Waals surface area contributed by atoms with Gasteiger partial charge in [0.05, 0.1) is 0 Å². The van der Waals surface area contributed by atoms with E-state index in [1.165, 1.54) is 37.5 Å². The van der Waals surface area contributed by atoms with Gasteiger partial charge in [-0.05, 0) is 6.42 Å². The van der Waals surface area contributed by atoms with Crippen LogP contribution in [0.15, 0.2) is 0 Å². The zero-order chi connectivity index (χ0) is 19.8. The fourth-order valence-corrected chi connectivity index (χ4v) is 2.05. The molecule has 0 heterocycles. The van der Waals surface area contributed by atoms with Crippen LogP contribution in [0.25, 0.3) is 0 Å². The van der Waals surface area contributed by atoms with Crippen LogP contribution < -0.4 is 0 Å². The zero-order valence-electron chi connectivity index (χ0n) is 13.4. The standard InChI is InChI=1S/C14H12N6O6/c1-2-10(22-5-16)12(24-7-18)14(26-9-20)13(25-8-19)11(23-6-17)3-21-4-15/h10-14H,2-3H2,1H3/t10?,11-,12+,13+,14-/m1/s1. The molecule has 0 N–H and O–H groups in total. The van der Waals surface area contributed by atoms with Gasteiger partial charge >= 0.3 is 0 Å². The summed E-state index contributed by atoms with van der Waals surface area (Å²) in [4.78, 5) is 0. The van der Waals surface area contributed by atoms with Gasteiger partial charge in [0.2, 0.25) is 0 Å². The summed E-state index contributed by atoms with van der Waals surface area (Å²) in [5, 5.41) is 52.6. The van der Waals surface area contributed by atoms with Gasteiger partial charge in [-0.2, -0.15) is 31.6 Å². The summed E-state index contributed by atoms with van der Waals surface area (Å²) in [6, 6.07) is 0. The van der Waals surface area contributed by atoms with Crippen molar-refractivity contribution in [1.29, 1.82) is 31.6 Å². The third-order valence-electron chi connectivity index (χ3n) is 3.07. The minimum absolute atomic E-state index is 0.156. The lowest BCUT2D eigenvalue weighted by Gasteiger charge is -2.32. The third-order valence-corrected chi connectivity index (χ3v) is 3.07. The van der Waals surface area contributed by atoms with Crippen LogP contribution in [-0.2, 0) is 28.4 Å². The van der Waals surface area contributed by atoms with Gasteiger partial charge < -0.3 is 28.4 Å². The quantitative estimate of drug-likeness (QED) is 0.429. The smallest absolute Gasteiger partial charge is 0.286 e. The van der Waals surface area contributed by atoms with E-state index in [9.17, 15) is 0 Å². The Balaban J connectivity index is 5.94. The average Bonchev–Trinajstić information content (AvgIpc) is 2.65. The van der Waals surface area contributed by atoms with E-state index in [0.717, 1.165) is 0 Å².